The van der Waals surface area contributed by atoms with Crippen LogP contribution in [-0.2, 0) is 6.42 Å². The van der Waals surface area contributed by atoms with Crippen molar-refractivity contribution in [1.82, 2.24) is 5.32 Å². The number of hydrogen-bond acceptors (Lipinski definition) is 2. The summed E-state index contributed by atoms with van der Waals surface area (Å²) in [7, 11) is 0. The van der Waals surface area contributed by atoms with Gasteiger partial charge in [-0.1, -0.05) is 18.6 Å². The van der Waals surface area contributed by atoms with Crippen molar-refractivity contribution in [3.05, 3.63) is 35.0 Å². The molecular formula is C13H21NS. The summed E-state index contributed by atoms with van der Waals surface area (Å²) in [5.41, 5.74) is 0. The number of rotatable bonds is 9. The summed E-state index contributed by atoms with van der Waals surface area (Å²) in [6.45, 7) is 5.99. The fourth-order valence-electron chi connectivity index (χ4n) is 1.51. The van der Waals surface area contributed by atoms with Gasteiger partial charge in [0.15, 0.2) is 0 Å². The lowest BCUT2D eigenvalue weighted by molar-refractivity contribution is 0.608. The van der Waals surface area contributed by atoms with Crippen LogP contribution in [0.4, 0.5) is 0 Å². The molecule has 0 aliphatic carbocycles. The van der Waals surface area contributed by atoms with Crippen LogP contribution in [0.1, 0.15) is 30.6 Å². The number of allylic oxidation sites excluding steroid dienone is 1. The Morgan fingerprint density at radius 3 is 2.93 bits per heavy atom. The largest absolute Gasteiger partial charge is 0.316 e. The second-order valence-electron chi connectivity index (χ2n) is 3.72. The zero-order valence-electron chi connectivity index (χ0n) is 9.37. The fourth-order valence-corrected chi connectivity index (χ4v) is 2.22. The van der Waals surface area contributed by atoms with Gasteiger partial charge < -0.3 is 5.32 Å². The van der Waals surface area contributed by atoms with E-state index in [1.54, 1.807) is 0 Å². The van der Waals surface area contributed by atoms with Crippen molar-refractivity contribution in [1.29, 1.82) is 0 Å². The van der Waals surface area contributed by atoms with Gasteiger partial charge in [0.1, 0.15) is 0 Å². The van der Waals surface area contributed by atoms with E-state index in [0.29, 0.717) is 0 Å². The third-order valence-electron chi connectivity index (χ3n) is 2.39. The molecule has 0 aliphatic rings. The molecule has 0 saturated heterocycles. The van der Waals surface area contributed by atoms with E-state index in [-0.39, 0.29) is 0 Å². The maximum Gasteiger partial charge on any atom is 0.00578 e. The van der Waals surface area contributed by atoms with Crippen molar-refractivity contribution in [3.8, 4) is 0 Å². The Hall–Kier alpha value is -0.600. The van der Waals surface area contributed by atoms with E-state index >= 15 is 0 Å². The molecule has 15 heavy (non-hydrogen) atoms. The molecule has 1 heterocycles. The monoisotopic (exact) mass is 223 g/mol. The highest BCUT2D eigenvalue weighted by Crippen LogP contribution is 2.08. The quantitative estimate of drug-likeness (QED) is 0.498. The molecule has 0 bridgehead atoms. The van der Waals surface area contributed by atoms with E-state index in [4.69, 9.17) is 0 Å². The molecule has 0 saturated carbocycles. The molecule has 84 valence electrons. The third-order valence-corrected chi connectivity index (χ3v) is 3.33. The molecule has 0 aliphatic heterocycles. The second kappa shape index (κ2) is 8.69. The molecule has 0 aromatic carbocycles. The molecule has 0 unspecified atom stereocenters. The molecule has 0 fully saturated rings. The Morgan fingerprint density at radius 1 is 1.27 bits per heavy atom. The fraction of sp³-hybridized carbons (Fsp3) is 0.538. The standard InChI is InChI=1S/C13H21NS/c1-2-3-4-5-6-10-14-11-9-13-8-7-12-15-13/h2,7-8,12,14H,1,3-6,9-11H2. The summed E-state index contributed by atoms with van der Waals surface area (Å²) in [6, 6.07) is 4.33. The highest BCUT2D eigenvalue weighted by molar-refractivity contribution is 7.09. The van der Waals surface area contributed by atoms with Crippen LogP contribution in [-0.4, -0.2) is 13.1 Å². The van der Waals surface area contributed by atoms with Crippen LogP contribution in [0.25, 0.3) is 0 Å². The molecule has 2 heteroatoms. The summed E-state index contributed by atoms with van der Waals surface area (Å²) in [6.07, 6.45) is 8.23. The first kappa shape index (κ1) is 12.5. The molecule has 0 spiro atoms. The normalized spacial score (nSPS) is 10.4. The lowest BCUT2D eigenvalue weighted by atomic mass is 10.2. The summed E-state index contributed by atoms with van der Waals surface area (Å²) >= 11 is 1.85. The molecule has 1 N–H and O–H groups in total. The predicted octanol–water partition coefficient (Wildman–Crippen LogP) is 3.63. The average molecular weight is 223 g/mol. The lowest BCUT2D eigenvalue weighted by Gasteiger charge is -2.02. The zero-order valence-corrected chi connectivity index (χ0v) is 10.2. The van der Waals surface area contributed by atoms with E-state index in [9.17, 15) is 0 Å². The van der Waals surface area contributed by atoms with Crippen LogP contribution in [0.15, 0.2) is 30.2 Å². The molecule has 1 nitrogen and oxygen atoms in total. The van der Waals surface area contributed by atoms with E-state index in [0.717, 1.165) is 19.5 Å². The van der Waals surface area contributed by atoms with Gasteiger partial charge in [-0.2, -0.15) is 0 Å². The minimum atomic E-state index is 1.11. The molecule has 0 atom stereocenters. The van der Waals surface area contributed by atoms with Crippen LogP contribution >= 0.6 is 11.3 Å². The molecular weight excluding hydrogens is 202 g/mol. The molecule has 1 rings (SSSR count). The SMILES string of the molecule is C=CCCCCCNCCc1cccs1. The van der Waals surface area contributed by atoms with Gasteiger partial charge in [-0.05, 0) is 50.2 Å². The topological polar surface area (TPSA) is 12.0 Å². The number of unbranched alkanes of at least 4 members (excludes halogenated alkanes) is 3. The third kappa shape index (κ3) is 6.47. The van der Waals surface area contributed by atoms with Gasteiger partial charge in [-0.25, -0.2) is 0 Å². The Kier molecular flexibility index (Phi) is 7.22. The minimum absolute atomic E-state index is 1.11. The maximum absolute atomic E-state index is 3.72. The second-order valence-corrected chi connectivity index (χ2v) is 4.75. The Labute approximate surface area is 97.2 Å². The number of nitrogens with one attached hydrogen (secondary N) is 1. The molecule has 0 amide bonds. The van der Waals surface area contributed by atoms with Crippen LogP contribution in [0, 0.1) is 0 Å². The first-order valence-electron chi connectivity index (χ1n) is 5.77. The van der Waals surface area contributed by atoms with Crippen molar-refractivity contribution in [2.75, 3.05) is 13.1 Å². The summed E-state index contributed by atoms with van der Waals surface area (Å²) < 4.78 is 0. The van der Waals surface area contributed by atoms with Crippen molar-refractivity contribution >= 4 is 11.3 Å². The summed E-state index contributed by atoms with van der Waals surface area (Å²) in [5.74, 6) is 0. The van der Waals surface area contributed by atoms with Crippen molar-refractivity contribution in [2.24, 2.45) is 0 Å². The Bertz CT molecular complexity index is 241. The van der Waals surface area contributed by atoms with E-state index in [1.165, 1.54) is 30.6 Å². The molecule has 0 radical (unpaired) electrons. The number of hydrogen-bond donors (Lipinski definition) is 1. The van der Waals surface area contributed by atoms with E-state index < -0.39 is 0 Å². The van der Waals surface area contributed by atoms with Gasteiger partial charge >= 0.3 is 0 Å². The lowest BCUT2D eigenvalue weighted by Crippen LogP contribution is -2.18. The number of thiophene rings is 1. The van der Waals surface area contributed by atoms with Crippen LogP contribution in [0.3, 0.4) is 0 Å². The van der Waals surface area contributed by atoms with Crippen molar-refractivity contribution in [2.45, 2.75) is 32.1 Å². The van der Waals surface area contributed by atoms with Gasteiger partial charge in [0.25, 0.3) is 0 Å². The Morgan fingerprint density at radius 2 is 2.20 bits per heavy atom. The zero-order chi connectivity index (χ0) is 10.8. The van der Waals surface area contributed by atoms with Gasteiger partial charge in [0.05, 0.1) is 0 Å². The minimum Gasteiger partial charge on any atom is -0.316 e. The molecule has 1 aromatic rings. The van der Waals surface area contributed by atoms with Crippen molar-refractivity contribution < 1.29 is 0 Å². The highest BCUT2D eigenvalue weighted by atomic mass is 32.1. The first-order valence-corrected chi connectivity index (χ1v) is 6.65. The Balaban J connectivity index is 1.83. The van der Waals surface area contributed by atoms with Gasteiger partial charge in [0, 0.05) is 4.88 Å². The highest BCUT2D eigenvalue weighted by Gasteiger charge is 1.93. The van der Waals surface area contributed by atoms with E-state index in [2.05, 4.69) is 29.4 Å². The van der Waals surface area contributed by atoms with Crippen LogP contribution < -0.4 is 5.32 Å². The summed E-state index contributed by atoms with van der Waals surface area (Å²) in [4.78, 5) is 1.48. The maximum atomic E-state index is 3.72. The average Bonchev–Trinajstić information content (AvgIpc) is 2.75. The first-order chi connectivity index (χ1) is 7.43. The van der Waals surface area contributed by atoms with Crippen LogP contribution in [0.5, 0.6) is 0 Å². The van der Waals surface area contributed by atoms with E-state index in [1.807, 2.05) is 17.4 Å². The van der Waals surface area contributed by atoms with Crippen molar-refractivity contribution in [3.63, 3.8) is 0 Å². The van der Waals surface area contributed by atoms with Gasteiger partial charge in [0.2, 0.25) is 0 Å². The molecule has 1 aromatic heterocycles. The van der Waals surface area contributed by atoms with Gasteiger partial charge in [-0.3, -0.25) is 0 Å². The van der Waals surface area contributed by atoms with Crippen LogP contribution in [0.2, 0.25) is 0 Å². The predicted molar refractivity (Wildman–Crippen MR) is 69.6 cm³/mol. The smallest absolute Gasteiger partial charge is 0.00578 e. The summed E-state index contributed by atoms with van der Waals surface area (Å²) in [5, 5.41) is 5.62. The van der Waals surface area contributed by atoms with Gasteiger partial charge in [-0.15, -0.1) is 17.9 Å².